The Hall–Kier alpha value is -1.30. The van der Waals surface area contributed by atoms with Crippen LogP contribution in [0, 0.1) is 0 Å². The van der Waals surface area contributed by atoms with Gasteiger partial charge < -0.3 is 9.54 Å². The van der Waals surface area contributed by atoms with E-state index in [-0.39, 0.29) is 5.37 Å². The lowest BCUT2D eigenvalue weighted by molar-refractivity contribution is 0.561. The molecular weight excluding hydrogens is 270 g/mol. The number of rotatable bonds is 4. The van der Waals surface area contributed by atoms with E-state index in [0.717, 1.165) is 24.1 Å². The van der Waals surface area contributed by atoms with Crippen LogP contribution in [0.25, 0.3) is 0 Å². The second kappa shape index (κ2) is 5.99. The Bertz CT molecular complexity index is 546. The zero-order chi connectivity index (χ0) is 13.9. The number of hydrogen-bond acceptors (Lipinski definition) is 3. The van der Waals surface area contributed by atoms with Crippen molar-refractivity contribution in [3.05, 3.63) is 47.3 Å². The van der Waals surface area contributed by atoms with Gasteiger partial charge in [-0.25, -0.2) is 0 Å². The zero-order valence-corrected chi connectivity index (χ0v) is 12.4. The van der Waals surface area contributed by atoms with Crippen molar-refractivity contribution in [2.24, 2.45) is 0 Å². The summed E-state index contributed by atoms with van der Waals surface area (Å²) >= 11 is -1.21. The first kappa shape index (κ1) is 13.7. The fraction of sp³-hybridized carbons (Fsp3) is 0.400. The summed E-state index contributed by atoms with van der Waals surface area (Å²) in [4.78, 5) is 7.82. The highest BCUT2D eigenvalue weighted by molar-refractivity contribution is 7.91. The first-order valence-corrected chi connectivity index (χ1v) is 8.21. The Morgan fingerprint density at radius 3 is 2.70 bits per heavy atom. The molecule has 1 aliphatic carbocycles. The van der Waals surface area contributed by atoms with Gasteiger partial charge in [-0.2, -0.15) is 4.98 Å². The largest absolute Gasteiger partial charge is 0.607 e. The summed E-state index contributed by atoms with van der Waals surface area (Å²) in [6.07, 6.45) is 4.39. The molecule has 0 saturated carbocycles. The van der Waals surface area contributed by atoms with Gasteiger partial charge in [-0.15, -0.1) is 0 Å². The molecule has 0 spiro atoms. The third kappa shape index (κ3) is 2.61. The molecule has 1 aromatic heterocycles. The maximum absolute atomic E-state index is 12.7. The Kier molecular flexibility index (Phi) is 4.10. The van der Waals surface area contributed by atoms with Gasteiger partial charge in [-0.3, -0.25) is 5.32 Å². The predicted molar refractivity (Wildman–Crippen MR) is 79.9 cm³/mol. The van der Waals surface area contributed by atoms with Crippen LogP contribution in [0.5, 0.6) is 0 Å². The van der Waals surface area contributed by atoms with E-state index in [1.807, 2.05) is 37.4 Å². The van der Waals surface area contributed by atoms with Crippen LogP contribution >= 0.6 is 0 Å². The Labute approximate surface area is 122 Å². The van der Waals surface area contributed by atoms with Crippen molar-refractivity contribution in [3.63, 3.8) is 0 Å². The molecule has 2 atom stereocenters. The fourth-order valence-electron chi connectivity index (χ4n) is 2.66. The number of benzene rings is 1. The molecule has 4 nitrogen and oxygen atoms in total. The number of aromatic amines is 1. The number of aryl methyl sites for hydroxylation is 2. The standard InChI is InChI=1S/C15H19N3OS/c1-16-14(11-7-3-2-4-8-11)20(19)15-17-12-9-5-6-10-13(12)18-15/h2-4,7-8,14,16H,5-6,9-10H2,1H3,(H,17,18). The van der Waals surface area contributed by atoms with Crippen molar-refractivity contribution in [1.29, 1.82) is 0 Å². The fourth-order valence-corrected chi connectivity index (χ4v) is 3.92. The van der Waals surface area contributed by atoms with Gasteiger partial charge in [0, 0.05) is 22.4 Å². The summed E-state index contributed by atoms with van der Waals surface area (Å²) in [7, 11) is 1.83. The lowest BCUT2D eigenvalue weighted by Gasteiger charge is -2.18. The molecule has 1 aromatic carbocycles. The number of hydrogen-bond donors (Lipinski definition) is 2. The number of nitrogens with one attached hydrogen (secondary N) is 2. The minimum atomic E-state index is -1.21. The SMILES string of the molecule is CNC(c1ccccc1)[S+]([O-])c1nc2c([nH]1)CCCC2. The van der Waals surface area contributed by atoms with Crippen LogP contribution in [0.15, 0.2) is 35.5 Å². The van der Waals surface area contributed by atoms with E-state index in [4.69, 9.17) is 0 Å². The van der Waals surface area contributed by atoms with Crippen LogP contribution in [0.4, 0.5) is 0 Å². The minimum absolute atomic E-state index is 0.233. The van der Waals surface area contributed by atoms with Crippen LogP contribution in [-0.2, 0) is 24.0 Å². The summed E-state index contributed by atoms with van der Waals surface area (Å²) in [5.41, 5.74) is 3.28. The first-order chi connectivity index (χ1) is 9.79. The van der Waals surface area contributed by atoms with Gasteiger partial charge in [0.05, 0.1) is 5.69 Å². The molecule has 5 heteroatoms. The predicted octanol–water partition coefficient (Wildman–Crippen LogP) is 2.31. The van der Waals surface area contributed by atoms with Gasteiger partial charge in [-0.1, -0.05) is 30.3 Å². The summed E-state index contributed by atoms with van der Waals surface area (Å²) < 4.78 is 12.7. The van der Waals surface area contributed by atoms with Gasteiger partial charge in [-0.05, 0) is 32.7 Å². The van der Waals surface area contributed by atoms with Crippen molar-refractivity contribution in [1.82, 2.24) is 15.3 Å². The quantitative estimate of drug-likeness (QED) is 0.849. The van der Waals surface area contributed by atoms with Crippen LogP contribution < -0.4 is 5.32 Å². The number of H-pyrrole nitrogens is 1. The molecule has 0 bridgehead atoms. The molecule has 0 radical (unpaired) electrons. The molecule has 0 saturated heterocycles. The Morgan fingerprint density at radius 1 is 1.25 bits per heavy atom. The van der Waals surface area contributed by atoms with Crippen LogP contribution in [0.2, 0.25) is 0 Å². The van der Waals surface area contributed by atoms with Gasteiger partial charge in [0.15, 0.2) is 0 Å². The van der Waals surface area contributed by atoms with Crippen molar-refractivity contribution >= 4 is 11.2 Å². The molecule has 2 N–H and O–H groups in total. The van der Waals surface area contributed by atoms with Crippen LogP contribution in [0.3, 0.4) is 0 Å². The average molecular weight is 289 g/mol. The molecule has 0 amide bonds. The van der Waals surface area contributed by atoms with E-state index in [9.17, 15) is 4.55 Å². The second-order valence-corrected chi connectivity index (χ2v) is 6.50. The van der Waals surface area contributed by atoms with Crippen LogP contribution in [0.1, 0.15) is 35.2 Å². The number of fused-ring (bicyclic) bond motifs is 1. The van der Waals surface area contributed by atoms with Crippen molar-refractivity contribution in [3.8, 4) is 0 Å². The van der Waals surface area contributed by atoms with Crippen molar-refractivity contribution in [2.45, 2.75) is 36.2 Å². The second-order valence-electron chi connectivity index (χ2n) is 5.05. The van der Waals surface area contributed by atoms with E-state index in [1.54, 1.807) is 0 Å². The van der Waals surface area contributed by atoms with Gasteiger partial charge in [0.1, 0.15) is 0 Å². The summed E-state index contributed by atoms with van der Waals surface area (Å²) in [6, 6.07) is 9.86. The molecule has 0 aliphatic heterocycles. The summed E-state index contributed by atoms with van der Waals surface area (Å²) in [5, 5.41) is 3.50. The highest BCUT2D eigenvalue weighted by Gasteiger charge is 2.29. The summed E-state index contributed by atoms with van der Waals surface area (Å²) in [5.74, 6) is 0. The maximum Gasteiger partial charge on any atom is 0.322 e. The lowest BCUT2D eigenvalue weighted by atomic mass is 10.0. The Balaban J connectivity index is 1.86. The summed E-state index contributed by atoms with van der Waals surface area (Å²) in [6.45, 7) is 0. The van der Waals surface area contributed by atoms with E-state index in [1.165, 1.54) is 18.5 Å². The van der Waals surface area contributed by atoms with E-state index in [0.29, 0.717) is 5.16 Å². The molecule has 1 heterocycles. The van der Waals surface area contributed by atoms with E-state index < -0.39 is 11.2 Å². The molecule has 2 aromatic rings. The number of nitrogens with zero attached hydrogens (tertiary/aromatic N) is 1. The highest BCUT2D eigenvalue weighted by Crippen LogP contribution is 2.27. The van der Waals surface area contributed by atoms with Crippen molar-refractivity contribution < 1.29 is 4.55 Å². The molecule has 2 unspecified atom stereocenters. The molecular formula is C15H19N3OS. The van der Waals surface area contributed by atoms with E-state index >= 15 is 0 Å². The molecule has 106 valence electrons. The lowest BCUT2D eigenvalue weighted by Crippen LogP contribution is -2.26. The Morgan fingerprint density at radius 2 is 2.00 bits per heavy atom. The third-order valence-electron chi connectivity index (χ3n) is 3.70. The zero-order valence-electron chi connectivity index (χ0n) is 11.6. The minimum Gasteiger partial charge on any atom is -0.607 e. The molecule has 0 fully saturated rings. The molecule has 20 heavy (non-hydrogen) atoms. The average Bonchev–Trinajstić information content (AvgIpc) is 2.93. The topological polar surface area (TPSA) is 63.8 Å². The number of imidazole rings is 1. The van der Waals surface area contributed by atoms with Gasteiger partial charge >= 0.3 is 5.16 Å². The highest BCUT2D eigenvalue weighted by atomic mass is 32.2. The van der Waals surface area contributed by atoms with Gasteiger partial charge in [0.2, 0.25) is 5.37 Å². The smallest absolute Gasteiger partial charge is 0.322 e. The normalized spacial score (nSPS) is 17.5. The third-order valence-corrected chi connectivity index (χ3v) is 5.21. The monoisotopic (exact) mass is 289 g/mol. The maximum atomic E-state index is 12.7. The first-order valence-electron chi connectivity index (χ1n) is 7.00. The molecule has 3 rings (SSSR count). The van der Waals surface area contributed by atoms with Crippen molar-refractivity contribution in [2.75, 3.05) is 7.05 Å². The van der Waals surface area contributed by atoms with E-state index in [2.05, 4.69) is 15.3 Å². The van der Waals surface area contributed by atoms with Crippen LogP contribution in [-0.4, -0.2) is 21.6 Å². The molecule has 1 aliphatic rings. The van der Waals surface area contributed by atoms with Gasteiger partial charge in [0.25, 0.3) is 0 Å². The number of aromatic nitrogens is 2.